The normalized spacial score (nSPS) is 15.5. The molecule has 0 bridgehead atoms. The Labute approximate surface area is 106 Å². The minimum Gasteiger partial charge on any atom is -0.478 e. The molecular weight excluding hydrogens is 220 g/mol. The molecule has 1 aromatic rings. The molecule has 0 fully saturated rings. The highest BCUT2D eigenvalue weighted by Gasteiger charge is 2.20. The highest BCUT2D eigenvalue weighted by molar-refractivity contribution is 6.02. The van der Waals surface area contributed by atoms with Crippen LogP contribution in [0.25, 0.3) is 0 Å². The van der Waals surface area contributed by atoms with Gasteiger partial charge in [0.1, 0.15) is 6.10 Å². The minimum atomic E-state index is -1.61. The smallest absolute Gasteiger partial charge is 0.339 e. The molecule has 0 aromatic heterocycles. The van der Waals surface area contributed by atoms with E-state index in [9.17, 15) is 9.59 Å². The highest BCUT2D eigenvalue weighted by Crippen LogP contribution is 2.14. The molecule has 0 spiro atoms. The summed E-state index contributed by atoms with van der Waals surface area (Å²) in [6, 6.07) is -2.86. The topological polar surface area (TPSA) is 63.6 Å². The van der Waals surface area contributed by atoms with Crippen LogP contribution in [0.5, 0.6) is 0 Å². The maximum Gasteiger partial charge on any atom is 0.339 e. The van der Waals surface area contributed by atoms with Gasteiger partial charge in [0.05, 0.1) is 16.6 Å². The Morgan fingerprint density at radius 3 is 2.24 bits per heavy atom. The molecule has 0 saturated heterocycles. The summed E-state index contributed by atoms with van der Waals surface area (Å²) >= 11 is 0. The van der Waals surface area contributed by atoms with Gasteiger partial charge in [0.25, 0.3) is 0 Å². The molecular formula is C13H16O4. The molecule has 1 aromatic carbocycles. The number of esters is 1. The standard InChI is InChI=1S/C13H16O4/c1-8(2)9(3)17-13(16)11-7-5-4-6-10(11)12(14)15/h4-9H,1-3H3,(H,14,15)/i4D,5D,6D,7D. The summed E-state index contributed by atoms with van der Waals surface area (Å²) in [6.07, 6.45) is -0.516. The zero-order valence-electron chi connectivity index (χ0n) is 13.8. The van der Waals surface area contributed by atoms with Crippen LogP contribution >= 0.6 is 0 Å². The lowest BCUT2D eigenvalue weighted by Crippen LogP contribution is -2.21. The summed E-state index contributed by atoms with van der Waals surface area (Å²) in [5.41, 5.74) is -1.43. The van der Waals surface area contributed by atoms with Crippen molar-refractivity contribution in [1.29, 1.82) is 0 Å². The lowest BCUT2D eigenvalue weighted by Gasteiger charge is -2.17. The second-order valence-corrected chi connectivity index (χ2v) is 3.91. The Balaban J connectivity index is 3.47. The van der Waals surface area contributed by atoms with Crippen molar-refractivity contribution in [2.75, 3.05) is 0 Å². The fraction of sp³-hybridized carbons (Fsp3) is 0.385. The van der Waals surface area contributed by atoms with Crippen LogP contribution in [-0.4, -0.2) is 23.1 Å². The monoisotopic (exact) mass is 240 g/mol. The van der Waals surface area contributed by atoms with E-state index in [0.717, 1.165) is 0 Å². The summed E-state index contributed by atoms with van der Waals surface area (Å²) < 4.78 is 35.3. The summed E-state index contributed by atoms with van der Waals surface area (Å²) in [6.45, 7) is 5.22. The number of hydrogen-bond donors (Lipinski definition) is 1. The Kier molecular flexibility index (Phi) is 2.67. The molecule has 4 heteroatoms. The van der Waals surface area contributed by atoms with E-state index in [0.29, 0.717) is 0 Å². The van der Waals surface area contributed by atoms with Gasteiger partial charge in [0.15, 0.2) is 0 Å². The summed E-state index contributed by atoms with van der Waals surface area (Å²) in [5, 5.41) is 9.12. The first-order valence-corrected chi connectivity index (χ1v) is 5.14. The molecule has 0 aliphatic carbocycles. The van der Waals surface area contributed by atoms with Gasteiger partial charge in [-0.3, -0.25) is 0 Å². The van der Waals surface area contributed by atoms with Crippen molar-refractivity contribution in [3.8, 4) is 0 Å². The first kappa shape index (κ1) is 8.28. The molecule has 0 heterocycles. The van der Waals surface area contributed by atoms with Crippen LogP contribution in [0.15, 0.2) is 24.2 Å². The number of rotatable bonds is 4. The number of aromatic carboxylic acids is 1. The SMILES string of the molecule is [2H]c1c([2H])c([2H])c(C(=O)OC(C)C(C)C)c(C(=O)O)c1[2H]. The number of carbonyl (C=O) groups is 2. The Bertz CT molecular complexity index is 599. The number of hydrogen-bond acceptors (Lipinski definition) is 3. The van der Waals surface area contributed by atoms with Gasteiger partial charge in [-0.2, -0.15) is 0 Å². The van der Waals surface area contributed by atoms with Crippen molar-refractivity contribution in [3.63, 3.8) is 0 Å². The lowest BCUT2D eigenvalue weighted by atomic mass is 10.1. The largest absolute Gasteiger partial charge is 0.478 e. The molecule has 0 amide bonds. The average molecular weight is 240 g/mol. The summed E-state index contributed by atoms with van der Waals surface area (Å²) in [5.74, 6) is -2.69. The van der Waals surface area contributed by atoms with Crippen LogP contribution < -0.4 is 0 Å². The van der Waals surface area contributed by atoms with Gasteiger partial charge in [-0.15, -0.1) is 0 Å². The lowest BCUT2D eigenvalue weighted by molar-refractivity contribution is 0.0233. The third-order valence-electron chi connectivity index (χ3n) is 2.34. The van der Waals surface area contributed by atoms with Crippen LogP contribution in [0.1, 0.15) is 47.0 Å². The number of benzene rings is 1. The number of carboxylic acid groups (broad SMARTS) is 1. The zero-order valence-corrected chi connectivity index (χ0v) is 9.83. The van der Waals surface area contributed by atoms with Crippen LogP contribution in [0.3, 0.4) is 0 Å². The van der Waals surface area contributed by atoms with Crippen molar-refractivity contribution >= 4 is 11.9 Å². The Hall–Kier alpha value is -1.84. The van der Waals surface area contributed by atoms with E-state index < -0.39 is 53.3 Å². The van der Waals surface area contributed by atoms with E-state index in [1.54, 1.807) is 20.8 Å². The van der Waals surface area contributed by atoms with Gasteiger partial charge in [0.2, 0.25) is 0 Å². The van der Waals surface area contributed by atoms with Gasteiger partial charge in [-0.25, -0.2) is 9.59 Å². The predicted octanol–water partition coefficient (Wildman–Crippen LogP) is 2.59. The van der Waals surface area contributed by atoms with Crippen LogP contribution in [0, 0.1) is 5.92 Å². The van der Waals surface area contributed by atoms with Crippen LogP contribution in [-0.2, 0) is 4.74 Å². The van der Waals surface area contributed by atoms with Crippen molar-refractivity contribution in [2.24, 2.45) is 5.92 Å². The quantitative estimate of drug-likeness (QED) is 0.821. The molecule has 0 aliphatic rings. The van der Waals surface area contributed by atoms with Gasteiger partial charge in [-0.05, 0) is 24.9 Å². The molecule has 1 unspecified atom stereocenters. The Morgan fingerprint density at radius 2 is 1.76 bits per heavy atom. The van der Waals surface area contributed by atoms with E-state index in [1.807, 2.05) is 0 Å². The fourth-order valence-corrected chi connectivity index (χ4v) is 0.990. The average Bonchev–Trinajstić information content (AvgIpc) is 2.39. The van der Waals surface area contributed by atoms with Crippen molar-refractivity contribution in [3.05, 3.63) is 35.3 Å². The van der Waals surface area contributed by atoms with E-state index in [4.69, 9.17) is 15.3 Å². The number of ether oxygens (including phenoxy) is 1. The highest BCUT2D eigenvalue weighted by atomic mass is 16.5. The summed E-state index contributed by atoms with van der Waals surface area (Å²) in [7, 11) is 0. The third-order valence-corrected chi connectivity index (χ3v) is 2.34. The van der Waals surface area contributed by atoms with E-state index in [-0.39, 0.29) is 5.92 Å². The molecule has 0 aliphatic heterocycles. The van der Waals surface area contributed by atoms with E-state index in [2.05, 4.69) is 0 Å². The van der Waals surface area contributed by atoms with Gasteiger partial charge in [0, 0.05) is 0 Å². The van der Waals surface area contributed by atoms with Gasteiger partial charge in [-0.1, -0.05) is 25.9 Å². The molecule has 1 atom stereocenters. The van der Waals surface area contributed by atoms with E-state index >= 15 is 0 Å². The maximum absolute atomic E-state index is 12.1. The minimum absolute atomic E-state index is 0.0159. The molecule has 4 nitrogen and oxygen atoms in total. The molecule has 0 radical (unpaired) electrons. The maximum atomic E-state index is 12.1. The first-order chi connectivity index (χ1) is 9.59. The fourth-order valence-electron chi connectivity index (χ4n) is 0.990. The van der Waals surface area contributed by atoms with Crippen LogP contribution in [0.2, 0.25) is 0 Å². The van der Waals surface area contributed by atoms with E-state index in [1.165, 1.54) is 0 Å². The second-order valence-electron chi connectivity index (χ2n) is 3.91. The summed E-state index contributed by atoms with van der Waals surface area (Å²) in [4.78, 5) is 23.3. The first-order valence-electron chi connectivity index (χ1n) is 7.14. The molecule has 1 N–H and O–H groups in total. The molecule has 1 rings (SSSR count). The molecule has 92 valence electrons. The number of carboxylic acids is 1. The molecule has 17 heavy (non-hydrogen) atoms. The zero-order chi connectivity index (χ0) is 16.5. The van der Waals surface area contributed by atoms with Crippen molar-refractivity contribution in [2.45, 2.75) is 26.9 Å². The van der Waals surface area contributed by atoms with Gasteiger partial charge < -0.3 is 9.84 Å². The van der Waals surface area contributed by atoms with Gasteiger partial charge >= 0.3 is 11.9 Å². The van der Waals surface area contributed by atoms with Crippen LogP contribution in [0.4, 0.5) is 0 Å². The molecule has 0 saturated carbocycles. The van der Waals surface area contributed by atoms with Crippen molar-refractivity contribution in [1.82, 2.24) is 0 Å². The van der Waals surface area contributed by atoms with Crippen molar-refractivity contribution < 1.29 is 24.9 Å². The second kappa shape index (κ2) is 5.48. The Morgan fingerprint density at radius 1 is 1.24 bits per heavy atom. The third kappa shape index (κ3) is 3.31. The predicted molar refractivity (Wildman–Crippen MR) is 63.1 cm³/mol. The number of carbonyl (C=O) groups excluding carboxylic acids is 1.